The van der Waals surface area contributed by atoms with Crippen molar-refractivity contribution in [1.29, 1.82) is 0 Å². The van der Waals surface area contributed by atoms with Crippen molar-refractivity contribution in [2.75, 3.05) is 20.0 Å². The summed E-state index contributed by atoms with van der Waals surface area (Å²) < 4.78 is 91.6. The van der Waals surface area contributed by atoms with Crippen LogP contribution in [0, 0.1) is 0 Å². The van der Waals surface area contributed by atoms with Gasteiger partial charge in [-0.3, -0.25) is 0 Å². The SMILES string of the molecule is COc1ccc(C(C)C)cc1-c1ccc(C(F)(F)F)cc1CN(Cc1cc(N)cc(C(F)(F)F)c1)C(O)OC. The van der Waals surface area contributed by atoms with E-state index in [9.17, 15) is 31.4 Å². The molecular formula is C28H30F6N2O3. The minimum atomic E-state index is -4.67. The number of methoxy groups -OCH3 is 2. The summed E-state index contributed by atoms with van der Waals surface area (Å²) in [6.45, 7) is 3.33. The van der Waals surface area contributed by atoms with Crippen LogP contribution in [0.4, 0.5) is 32.0 Å². The Morgan fingerprint density at radius 2 is 1.49 bits per heavy atom. The predicted molar refractivity (Wildman–Crippen MR) is 136 cm³/mol. The predicted octanol–water partition coefficient (Wildman–Crippen LogP) is 7.03. The van der Waals surface area contributed by atoms with Gasteiger partial charge in [0, 0.05) is 31.5 Å². The maximum Gasteiger partial charge on any atom is 0.416 e. The number of halogens is 6. The van der Waals surface area contributed by atoms with Crippen molar-refractivity contribution in [2.45, 2.75) is 51.6 Å². The van der Waals surface area contributed by atoms with Crippen molar-refractivity contribution < 1.29 is 40.9 Å². The highest BCUT2D eigenvalue weighted by molar-refractivity contribution is 5.74. The lowest BCUT2D eigenvalue weighted by atomic mass is 9.92. The van der Waals surface area contributed by atoms with Gasteiger partial charge in [-0.2, -0.15) is 26.3 Å². The van der Waals surface area contributed by atoms with E-state index in [1.807, 2.05) is 26.0 Å². The average molecular weight is 557 g/mol. The van der Waals surface area contributed by atoms with Crippen LogP contribution in [0.5, 0.6) is 5.75 Å². The molecule has 11 heteroatoms. The number of aliphatic hydroxyl groups is 1. The number of hydrogen-bond donors (Lipinski definition) is 2. The van der Waals surface area contributed by atoms with Crippen LogP contribution in [0.15, 0.2) is 54.6 Å². The quantitative estimate of drug-likeness (QED) is 0.168. The van der Waals surface area contributed by atoms with E-state index in [2.05, 4.69) is 0 Å². The van der Waals surface area contributed by atoms with Gasteiger partial charge in [0.15, 0.2) is 0 Å². The first-order chi connectivity index (χ1) is 18.1. The zero-order valence-corrected chi connectivity index (χ0v) is 21.8. The van der Waals surface area contributed by atoms with Crippen LogP contribution >= 0.6 is 0 Å². The normalized spacial score (nSPS) is 13.3. The van der Waals surface area contributed by atoms with Gasteiger partial charge >= 0.3 is 12.4 Å². The molecule has 0 bridgehead atoms. The van der Waals surface area contributed by atoms with Crippen molar-refractivity contribution >= 4 is 5.69 Å². The molecule has 0 aliphatic rings. The number of rotatable bonds is 9. The first kappa shape index (κ1) is 30.3. The Bertz CT molecular complexity index is 1290. The maximum absolute atomic E-state index is 13.7. The number of nitrogens with zero attached hydrogens (tertiary/aromatic N) is 1. The van der Waals surface area contributed by atoms with Gasteiger partial charge in [0.05, 0.1) is 18.2 Å². The van der Waals surface area contributed by atoms with Gasteiger partial charge in [0.1, 0.15) is 5.75 Å². The summed E-state index contributed by atoms with van der Waals surface area (Å²) in [5.74, 6) is 0.538. The van der Waals surface area contributed by atoms with Crippen LogP contribution in [0.25, 0.3) is 11.1 Å². The first-order valence-electron chi connectivity index (χ1n) is 11.9. The van der Waals surface area contributed by atoms with E-state index in [1.54, 1.807) is 6.07 Å². The third kappa shape index (κ3) is 7.43. The van der Waals surface area contributed by atoms with Crippen molar-refractivity contribution in [3.05, 3.63) is 82.4 Å². The number of ether oxygens (including phenoxy) is 2. The summed E-state index contributed by atoms with van der Waals surface area (Å²) in [5.41, 5.74) is 5.72. The van der Waals surface area contributed by atoms with Crippen molar-refractivity contribution in [1.82, 2.24) is 4.90 Å². The number of nitrogen functional groups attached to an aromatic ring is 1. The van der Waals surface area contributed by atoms with E-state index in [-0.39, 0.29) is 35.8 Å². The Balaban J connectivity index is 2.15. The molecule has 0 heterocycles. The second-order valence-electron chi connectivity index (χ2n) is 9.41. The fourth-order valence-corrected chi connectivity index (χ4v) is 4.25. The highest BCUT2D eigenvalue weighted by Crippen LogP contribution is 2.39. The largest absolute Gasteiger partial charge is 0.496 e. The average Bonchev–Trinajstić information content (AvgIpc) is 2.86. The number of aliphatic hydroxyl groups excluding tert-OH is 1. The number of nitrogens with two attached hydrogens (primary N) is 1. The highest BCUT2D eigenvalue weighted by Gasteiger charge is 2.33. The summed E-state index contributed by atoms with van der Waals surface area (Å²) in [6, 6.07) is 11.6. The number of hydrogen-bond acceptors (Lipinski definition) is 5. The second kappa shape index (κ2) is 11.8. The third-order valence-electron chi connectivity index (χ3n) is 6.24. The molecular weight excluding hydrogens is 526 g/mol. The molecule has 5 nitrogen and oxygen atoms in total. The van der Waals surface area contributed by atoms with E-state index in [1.165, 1.54) is 31.3 Å². The molecule has 0 radical (unpaired) electrons. The maximum atomic E-state index is 13.7. The van der Waals surface area contributed by atoms with Crippen LogP contribution in [-0.4, -0.2) is 30.6 Å². The Labute approximate surface area is 222 Å². The molecule has 212 valence electrons. The molecule has 0 fully saturated rings. The molecule has 0 amide bonds. The van der Waals surface area contributed by atoms with E-state index in [4.69, 9.17) is 15.2 Å². The van der Waals surface area contributed by atoms with Gasteiger partial charge in [-0.05, 0) is 70.6 Å². The molecule has 0 aliphatic heterocycles. The van der Waals surface area contributed by atoms with E-state index in [0.29, 0.717) is 16.9 Å². The first-order valence-corrected chi connectivity index (χ1v) is 11.9. The molecule has 1 unspecified atom stereocenters. The summed E-state index contributed by atoms with van der Waals surface area (Å²) >= 11 is 0. The summed E-state index contributed by atoms with van der Waals surface area (Å²) in [7, 11) is 2.61. The molecule has 3 aromatic carbocycles. The van der Waals surface area contributed by atoms with Gasteiger partial charge in [-0.1, -0.05) is 26.0 Å². The van der Waals surface area contributed by atoms with Gasteiger partial charge in [0.2, 0.25) is 6.41 Å². The van der Waals surface area contributed by atoms with E-state index in [0.717, 1.165) is 29.8 Å². The second-order valence-corrected chi connectivity index (χ2v) is 9.41. The standard InChI is InChI=1S/C28H30F6N2O3/c1-16(2)18-5-8-25(38-3)24(12-18)23-7-6-20(27(29,30)31)11-19(23)15-36(26(37)39-4)14-17-9-21(28(32,33)34)13-22(35)10-17/h5-13,16,26,37H,14-15,35H2,1-4H3. The van der Waals surface area contributed by atoms with Gasteiger partial charge in [-0.15, -0.1) is 0 Å². The van der Waals surface area contributed by atoms with E-state index < -0.39 is 29.9 Å². The zero-order valence-electron chi connectivity index (χ0n) is 21.8. The highest BCUT2D eigenvalue weighted by atomic mass is 19.4. The van der Waals surface area contributed by atoms with E-state index >= 15 is 0 Å². The van der Waals surface area contributed by atoms with Crippen LogP contribution in [0.3, 0.4) is 0 Å². The lowest BCUT2D eigenvalue weighted by Gasteiger charge is -2.28. The van der Waals surface area contributed by atoms with Crippen LogP contribution in [0.1, 0.15) is 47.6 Å². The number of alkyl halides is 6. The van der Waals surface area contributed by atoms with Crippen molar-refractivity contribution in [2.24, 2.45) is 0 Å². The molecule has 3 N–H and O–H groups in total. The summed E-state index contributed by atoms with van der Waals surface area (Å²) in [5, 5.41) is 10.6. The summed E-state index contributed by atoms with van der Waals surface area (Å²) in [4.78, 5) is 1.20. The summed E-state index contributed by atoms with van der Waals surface area (Å²) in [6.07, 6.45) is -11.0. The third-order valence-corrected chi connectivity index (χ3v) is 6.24. The zero-order chi connectivity index (χ0) is 29.1. The van der Waals surface area contributed by atoms with Crippen molar-refractivity contribution in [3.8, 4) is 16.9 Å². The molecule has 0 aliphatic carbocycles. The number of benzene rings is 3. The fraction of sp³-hybridized carbons (Fsp3) is 0.357. The van der Waals surface area contributed by atoms with Crippen LogP contribution < -0.4 is 10.5 Å². The van der Waals surface area contributed by atoms with Gasteiger partial charge < -0.3 is 20.3 Å². The van der Waals surface area contributed by atoms with Crippen molar-refractivity contribution in [3.63, 3.8) is 0 Å². The topological polar surface area (TPSA) is 68.0 Å². The molecule has 0 saturated heterocycles. The fourth-order valence-electron chi connectivity index (χ4n) is 4.25. The van der Waals surface area contributed by atoms with Gasteiger partial charge in [0.25, 0.3) is 0 Å². The molecule has 0 aromatic heterocycles. The van der Waals surface area contributed by atoms with Crippen LogP contribution in [-0.2, 0) is 30.2 Å². The van der Waals surface area contributed by atoms with Crippen LogP contribution in [0.2, 0.25) is 0 Å². The Kier molecular flexibility index (Phi) is 9.20. The Morgan fingerprint density at radius 1 is 0.821 bits per heavy atom. The smallest absolute Gasteiger partial charge is 0.416 e. The molecule has 1 atom stereocenters. The molecule has 3 aromatic rings. The molecule has 3 rings (SSSR count). The number of anilines is 1. The minimum absolute atomic E-state index is 0.0892. The molecule has 0 spiro atoms. The lowest BCUT2D eigenvalue weighted by molar-refractivity contribution is -0.184. The monoisotopic (exact) mass is 556 g/mol. The Hall–Kier alpha value is -3.28. The Morgan fingerprint density at radius 3 is 2.05 bits per heavy atom. The minimum Gasteiger partial charge on any atom is -0.496 e. The lowest BCUT2D eigenvalue weighted by Crippen LogP contribution is -2.36. The van der Waals surface area contributed by atoms with Gasteiger partial charge in [-0.25, -0.2) is 4.90 Å². The molecule has 39 heavy (non-hydrogen) atoms. The molecule has 0 saturated carbocycles.